The molecule has 26 heavy (non-hydrogen) atoms. The molecule has 0 bridgehead atoms. The van der Waals surface area contributed by atoms with E-state index in [1.165, 1.54) is 0 Å². The van der Waals surface area contributed by atoms with E-state index in [1.54, 1.807) is 31.2 Å². The minimum Gasteiger partial charge on any atom is -0.484 e. The lowest BCUT2D eigenvalue weighted by Gasteiger charge is -2.06. The van der Waals surface area contributed by atoms with Gasteiger partial charge in [0, 0.05) is 0 Å². The Bertz CT molecular complexity index is 842. The smallest absolute Gasteiger partial charge is 0.307 e. The normalized spacial score (nSPS) is 11.0. The van der Waals surface area contributed by atoms with Gasteiger partial charge in [0.2, 0.25) is 0 Å². The summed E-state index contributed by atoms with van der Waals surface area (Å²) >= 11 is 0. The van der Waals surface area contributed by atoms with Crippen molar-refractivity contribution in [3.63, 3.8) is 0 Å². The van der Waals surface area contributed by atoms with Gasteiger partial charge in [-0.15, -0.1) is 0 Å². The molecule has 0 spiro atoms. The first-order valence-electron chi connectivity index (χ1n) is 7.36. The first-order valence-corrected chi connectivity index (χ1v) is 7.36. The van der Waals surface area contributed by atoms with Crippen molar-refractivity contribution in [2.45, 2.75) is 13.5 Å². The average molecular weight is 360 g/mol. The lowest BCUT2D eigenvalue weighted by Crippen LogP contribution is -2.24. The van der Waals surface area contributed by atoms with E-state index in [0.717, 1.165) is 22.6 Å². The summed E-state index contributed by atoms with van der Waals surface area (Å²) in [5.41, 5.74) is 8.41. The Hall–Kier alpha value is -3.76. The molecule has 0 fully saturated rings. The summed E-state index contributed by atoms with van der Waals surface area (Å²) in [6.07, 6.45) is 2.21. The lowest BCUT2D eigenvalue weighted by atomic mass is 10.1. The van der Waals surface area contributed by atoms with Gasteiger partial charge in [0.05, 0.1) is 10.6 Å². The van der Waals surface area contributed by atoms with Gasteiger partial charge in [0.15, 0.2) is 6.61 Å². The first kappa shape index (κ1) is 18.6. The maximum Gasteiger partial charge on any atom is 0.307 e. The summed E-state index contributed by atoms with van der Waals surface area (Å²) in [4.78, 5) is 32.5. The third-order valence-corrected chi connectivity index (χ3v) is 3.14. The molecule has 0 atom stereocenters. The number of benzene rings is 1. The van der Waals surface area contributed by atoms with Gasteiger partial charge >= 0.3 is 5.69 Å². The van der Waals surface area contributed by atoms with E-state index in [0.29, 0.717) is 11.5 Å². The van der Waals surface area contributed by atoms with Crippen molar-refractivity contribution in [3.8, 4) is 5.75 Å². The highest BCUT2D eigenvalue weighted by Gasteiger charge is 2.11. The van der Waals surface area contributed by atoms with Crippen LogP contribution in [0, 0.1) is 10.1 Å². The summed E-state index contributed by atoms with van der Waals surface area (Å²) in [5.74, 6) is -0.578. The van der Waals surface area contributed by atoms with Crippen LogP contribution in [0.4, 0.5) is 5.69 Å². The van der Waals surface area contributed by atoms with Crippen molar-refractivity contribution >= 4 is 23.2 Å². The molecule has 1 heterocycles. The Labute approximate surface area is 147 Å². The molecular weight excluding hydrogens is 344 g/mol. The molecule has 2 amide bonds. The zero-order valence-corrected chi connectivity index (χ0v) is 13.8. The van der Waals surface area contributed by atoms with Crippen molar-refractivity contribution in [1.82, 2.24) is 15.2 Å². The summed E-state index contributed by atoms with van der Waals surface area (Å²) in [6, 6.07) is 6.69. The number of nitrogens with one attached hydrogen (secondary N) is 1. The number of rotatable bonds is 8. The topological polar surface area (TPSA) is 155 Å². The van der Waals surface area contributed by atoms with Crippen molar-refractivity contribution < 1.29 is 19.2 Å². The minimum atomic E-state index is -0.597. The molecule has 0 aliphatic rings. The molecule has 0 saturated heterocycles. The summed E-state index contributed by atoms with van der Waals surface area (Å²) < 4.78 is 6.29. The molecule has 3 N–H and O–H groups in total. The highest BCUT2D eigenvalue weighted by atomic mass is 16.6. The van der Waals surface area contributed by atoms with E-state index in [-0.39, 0.29) is 18.8 Å². The molecule has 1 aromatic carbocycles. The number of hydrogen-bond acceptors (Lipinski definition) is 7. The number of nitrogens with zero attached hydrogens (tertiary/aromatic N) is 4. The van der Waals surface area contributed by atoms with Crippen LogP contribution in [0.5, 0.6) is 5.75 Å². The fraction of sp³-hybridized carbons (Fsp3) is 0.200. The van der Waals surface area contributed by atoms with Crippen LogP contribution in [0.15, 0.2) is 41.8 Å². The third kappa shape index (κ3) is 5.40. The number of hydrogen-bond donors (Lipinski definition) is 2. The average Bonchev–Trinajstić information content (AvgIpc) is 3.07. The number of primary amides is 1. The number of aromatic nitrogens is 2. The van der Waals surface area contributed by atoms with Crippen LogP contribution in [0.2, 0.25) is 0 Å². The van der Waals surface area contributed by atoms with Crippen LogP contribution in [0.1, 0.15) is 12.5 Å². The third-order valence-electron chi connectivity index (χ3n) is 3.14. The largest absolute Gasteiger partial charge is 0.484 e. The first-order chi connectivity index (χ1) is 12.3. The van der Waals surface area contributed by atoms with Crippen molar-refractivity contribution in [3.05, 3.63) is 52.3 Å². The molecule has 136 valence electrons. The summed E-state index contributed by atoms with van der Waals surface area (Å²) in [6.45, 7) is 1.27. The fourth-order valence-electron chi connectivity index (χ4n) is 1.87. The molecule has 0 unspecified atom stereocenters. The number of carbonyl (C=O) groups excluding carboxylic acids is 2. The number of nitro groups is 1. The van der Waals surface area contributed by atoms with Crippen LogP contribution in [0.3, 0.4) is 0 Å². The maximum absolute atomic E-state index is 11.8. The second-order valence-electron chi connectivity index (χ2n) is 5.16. The van der Waals surface area contributed by atoms with Crippen LogP contribution >= 0.6 is 0 Å². The van der Waals surface area contributed by atoms with E-state index < -0.39 is 16.7 Å². The predicted octanol–water partition coefficient (Wildman–Crippen LogP) is 0.196. The van der Waals surface area contributed by atoms with Crippen molar-refractivity contribution in [2.75, 3.05) is 6.61 Å². The number of nitrogens with two attached hydrogens (primary N) is 1. The monoisotopic (exact) mass is 360 g/mol. The molecule has 0 aliphatic carbocycles. The molecule has 1 aromatic heterocycles. The maximum atomic E-state index is 11.8. The fourth-order valence-corrected chi connectivity index (χ4v) is 1.87. The predicted molar refractivity (Wildman–Crippen MR) is 90.4 cm³/mol. The van der Waals surface area contributed by atoms with Crippen molar-refractivity contribution in [2.24, 2.45) is 10.8 Å². The van der Waals surface area contributed by atoms with Gasteiger partial charge in [-0.2, -0.15) is 10.2 Å². The molecule has 2 aromatic rings. The second kappa shape index (κ2) is 8.37. The quantitative estimate of drug-likeness (QED) is 0.389. The molecule has 11 heteroatoms. The van der Waals surface area contributed by atoms with Crippen LogP contribution in [0.25, 0.3) is 0 Å². The standard InChI is InChI=1S/C15H16N6O5/c1-10(11-2-4-13(5-3-11)26-9-14(16)22)18-19-15(23)8-20-7-12(6-17-20)21(24)25/h2-7H,8-9H2,1H3,(H2,16,22)(H,19,23)/b18-10+. The van der Waals surface area contributed by atoms with Gasteiger partial charge < -0.3 is 10.5 Å². The van der Waals surface area contributed by atoms with Gasteiger partial charge in [0.25, 0.3) is 11.8 Å². The van der Waals surface area contributed by atoms with Gasteiger partial charge in [-0.1, -0.05) is 0 Å². The SMILES string of the molecule is C/C(=N\NC(=O)Cn1cc([N+](=O)[O-])cn1)c1ccc(OCC(N)=O)cc1. The van der Waals surface area contributed by atoms with E-state index in [9.17, 15) is 19.7 Å². The summed E-state index contributed by atoms with van der Waals surface area (Å²) in [5, 5.41) is 18.3. The Morgan fingerprint density at radius 1 is 1.38 bits per heavy atom. The number of ether oxygens (including phenoxy) is 1. The molecular formula is C15H16N6O5. The zero-order chi connectivity index (χ0) is 19.1. The minimum absolute atomic E-state index is 0.198. The zero-order valence-electron chi connectivity index (χ0n) is 13.8. The number of carbonyl (C=O) groups is 2. The molecule has 0 saturated carbocycles. The van der Waals surface area contributed by atoms with Crippen molar-refractivity contribution in [1.29, 1.82) is 0 Å². The molecule has 2 rings (SSSR count). The van der Waals surface area contributed by atoms with E-state index >= 15 is 0 Å². The highest BCUT2D eigenvalue weighted by molar-refractivity contribution is 5.99. The van der Waals surface area contributed by atoms with Crippen LogP contribution in [-0.4, -0.2) is 38.8 Å². The van der Waals surface area contributed by atoms with Gasteiger partial charge in [-0.3, -0.25) is 24.4 Å². The Morgan fingerprint density at radius 2 is 2.08 bits per heavy atom. The summed E-state index contributed by atoms with van der Waals surface area (Å²) in [7, 11) is 0. The Balaban J connectivity index is 1.90. The van der Waals surface area contributed by atoms with E-state index in [4.69, 9.17) is 10.5 Å². The van der Waals surface area contributed by atoms with Gasteiger partial charge in [-0.05, 0) is 36.8 Å². The van der Waals surface area contributed by atoms with E-state index in [1.807, 2.05) is 0 Å². The number of amides is 2. The van der Waals surface area contributed by atoms with Crippen LogP contribution in [-0.2, 0) is 16.1 Å². The molecule has 0 aliphatic heterocycles. The van der Waals surface area contributed by atoms with Crippen LogP contribution < -0.4 is 15.9 Å². The second-order valence-corrected chi connectivity index (χ2v) is 5.16. The molecule has 11 nitrogen and oxygen atoms in total. The lowest BCUT2D eigenvalue weighted by molar-refractivity contribution is -0.385. The van der Waals surface area contributed by atoms with E-state index in [2.05, 4.69) is 15.6 Å². The van der Waals surface area contributed by atoms with Gasteiger partial charge in [0.1, 0.15) is 24.7 Å². The Kier molecular flexibility index (Phi) is 5.98. The Morgan fingerprint density at radius 3 is 2.65 bits per heavy atom. The van der Waals surface area contributed by atoms with Gasteiger partial charge in [-0.25, -0.2) is 5.43 Å². The molecule has 0 radical (unpaired) electrons. The number of hydrazone groups is 1. The highest BCUT2D eigenvalue weighted by Crippen LogP contribution is 2.12.